The summed E-state index contributed by atoms with van der Waals surface area (Å²) in [6, 6.07) is 6.71. The molecule has 1 aromatic carbocycles. The fourth-order valence-corrected chi connectivity index (χ4v) is 2.94. The number of hydrogen-bond acceptors (Lipinski definition) is 3. The summed E-state index contributed by atoms with van der Waals surface area (Å²) in [4.78, 5) is 4.66. The van der Waals surface area contributed by atoms with E-state index in [4.69, 9.17) is 0 Å². The third-order valence-electron chi connectivity index (χ3n) is 2.79. The zero-order chi connectivity index (χ0) is 13.0. The van der Waals surface area contributed by atoms with Crippen molar-refractivity contribution in [1.82, 2.24) is 10.3 Å². The number of aromatic nitrogens is 1. The lowest BCUT2D eigenvalue weighted by molar-refractivity contribution is 0.712. The van der Waals surface area contributed by atoms with Gasteiger partial charge >= 0.3 is 0 Å². The molecule has 0 aliphatic rings. The number of nitrogens with one attached hydrogen (secondary N) is 1. The van der Waals surface area contributed by atoms with Crippen molar-refractivity contribution < 1.29 is 0 Å². The Bertz CT molecular complexity index is 497. The van der Waals surface area contributed by atoms with E-state index in [1.165, 1.54) is 21.7 Å². The number of nitrogens with zero attached hydrogens (tertiary/aromatic N) is 1. The molecular weight excluding hydrogens is 240 g/mol. The first kappa shape index (κ1) is 13.2. The lowest BCUT2D eigenvalue weighted by atomic mass is 10.1. The van der Waals surface area contributed by atoms with Gasteiger partial charge in [0.2, 0.25) is 0 Å². The maximum atomic E-state index is 4.66. The molecular formula is C15H20N2S. The van der Waals surface area contributed by atoms with E-state index in [0.717, 1.165) is 25.2 Å². The summed E-state index contributed by atoms with van der Waals surface area (Å²) in [6.07, 6.45) is 0.944. The number of rotatable bonds is 5. The van der Waals surface area contributed by atoms with Crippen molar-refractivity contribution in [2.45, 2.75) is 33.7 Å². The molecule has 1 N–H and O–H groups in total. The minimum absolute atomic E-state index is 0.875. The average Bonchev–Trinajstić information content (AvgIpc) is 2.72. The second kappa shape index (κ2) is 6.12. The molecule has 1 heterocycles. The van der Waals surface area contributed by atoms with E-state index in [0.29, 0.717) is 0 Å². The van der Waals surface area contributed by atoms with Gasteiger partial charge in [0.25, 0.3) is 0 Å². The minimum atomic E-state index is 0.875. The number of hydrogen-bond donors (Lipinski definition) is 1. The minimum Gasteiger partial charge on any atom is -0.311 e. The van der Waals surface area contributed by atoms with Crippen molar-refractivity contribution in [2.75, 3.05) is 6.54 Å². The van der Waals surface area contributed by atoms with Gasteiger partial charge in [-0.1, -0.05) is 36.2 Å². The first-order valence-corrected chi connectivity index (χ1v) is 7.26. The Morgan fingerprint density at radius 3 is 2.56 bits per heavy atom. The molecule has 0 fully saturated rings. The Morgan fingerprint density at radius 1 is 1.17 bits per heavy atom. The van der Waals surface area contributed by atoms with Gasteiger partial charge in [-0.05, 0) is 26.0 Å². The van der Waals surface area contributed by atoms with Gasteiger partial charge in [-0.25, -0.2) is 4.98 Å². The zero-order valence-corrected chi connectivity index (χ0v) is 12.1. The lowest BCUT2D eigenvalue weighted by Gasteiger charge is -2.02. The van der Waals surface area contributed by atoms with Gasteiger partial charge in [0.05, 0.1) is 10.7 Å². The Labute approximate surface area is 113 Å². The van der Waals surface area contributed by atoms with Crippen molar-refractivity contribution in [1.29, 1.82) is 0 Å². The normalized spacial score (nSPS) is 10.8. The van der Waals surface area contributed by atoms with Gasteiger partial charge in [0.15, 0.2) is 0 Å². The summed E-state index contributed by atoms with van der Waals surface area (Å²) >= 11 is 1.76. The van der Waals surface area contributed by atoms with Crippen LogP contribution in [-0.2, 0) is 13.0 Å². The Hall–Kier alpha value is -1.19. The fourth-order valence-electron chi connectivity index (χ4n) is 2.11. The Morgan fingerprint density at radius 2 is 1.89 bits per heavy atom. The van der Waals surface area contributed by atoms with Crippen LogP contribution in [0.15, 0.2) is 23.6 Å². The summed E-state index contributed by atoms with van der Waals surface area (Å²) in [5, 5.41) is 6.66. The number of thiazole rings is 1. The molecule has 18 heavy (non-hydrogen) atoms. The molecule has 0 unspecified atom stereocenters. The molecule has 0 saturated carbocycles. The Balaban J connectivity index is 2.06. The molecule has 0 aliphatic heterocycles. The number of aryl methyl sites for hydroxylation is 2. The van der Waals surface area contributed by atoms with Crippen LogP contribution < -0.4 is 5.32 Å². The van der Waals surface area contributed by atoms with Crippen LogP contribution in [0.3, 0.4) is 0 Å². The van der Waals surface area contributed by atoms with Gasteiger partial charge in [-0.15, -0.1) is 11.3 Å². The van der Waals surface area contributed by atoms with Gasteiger partial charge in [0.1, 0.15) is 0 Å². The molecule has 2 rings (SSSR count). The van der Waals surface area contributed by atoms with E-state index < -0.39 is 0 Å². The molecule has 96 valence electrons. The summed E-state index contributed by atoms with van der Waals surface area (Å²) in [5.41, 5.74) is 5.17. The van der Waals surface area contributed by atoms with E-state index >= 15 is 0 Å². The van der Waals surface area contributed by atoms with E-state index in [9.17, 15) is 0 Å². The van der Waals surface area contributed by atoms with Crippen LogP contribution in [-0.4, -0.2) is 11.5 Å². The van der Waals surface area contributed by atoms with E-state index in [-0.39, 0.29) is 0 Å². The maximum Gasteiger partial charge on any atom is 0.0972 e. The van der Waals surface area contributed by atoms with Crippen molar-refractivity contribution in [3.63, 3.8) is 0 Å². The molecule has 2 aromatic rings. The highest BCUT2D eigenvalue weighted by molar-refractivity contribution is 7.09. The molecule has 1 aromatic heterocycles. The molecule has 0 saturated heterocycles. The molecule has 0 amide bonds. The molecule has 3 heteroatoms. The standard InChI is InChI=1S/C15H20N2S/c1-4-16-9-14-10-18-15(17-14)8-13-6-11(2)5-12(3)7-13/h5-7,10,16H,4,8-9H2,1-3H3. The quantitative estimate of drug-likeness (QED) is 0.890. The van der Waals surface area contributed by atoms with E-state index in [1.807, 2.05) is 0 Å². The van der Waals surface area contributed by atoms with Crippen LogP contribution in [0, 0.1) is 13.8 Å². The zero-order valence-electron chi connectivity index (χ0n) is 11.3. The van der Waals surface area contributed by atoms with Crippen molar-refractivity contribution in [3.8, 4) is 0 Å². The van der Waals surface area contributed by atoms with Gasteiger partial charge in [-0.3, -0.25) is 0 Å². The third kappa shape index (κ3) is 3.65. The fraction of sp³-hybridized carbons (Fsp3) is 0.400. The largest absolute Gasteiger partial charge is 0.311 e. The van der Waals surface area contributed by atoms with Crippen LogP contribution >= 0.6 is 11.3 Å². The molecule has 0 bridgehead atoms. The van der Waals surface area contributed by atoms with Gasteiger partial charge in [-0.2, -0.15) is 0 Å². The first-order chi connectivity index (χ1) is 8.67. The van der Waals surface area contributed by atoms with E-state index in [2.05, 4.69) is 54.7 Å². The van der Waals surface area contributed by atoms with Crippen molar-refractivity contribution in [3.05, 3.63) is 51.0 Å². The SMILES string of the molecule is CCNCc1csc(Cc2cc(C)cc(C)c2)n1. The molecule has 0 radical (unpaired) electrons. The summed E-state index contributed by atoms with van der Waals surface area (Å²) < 4.78 is 0. The summed E-state index contributed by atoms with van der Waals surface area (Å²) in [7, 11) is 0. The maximum absolute atomic E-state index is 4.66. The highest BCUT2D eigenvalue weighted by Gasteiger charge is 2.04. The smallest absolute Gasteiger partial charge is 0.0972 e. The number of benzene rings is 1. The topological polar surface area (TPSA) is 24.9 Å². The highest BCUT2D eigenvalue weighted by atomic mass is 32.1. The molecule has 0 aliphatic carbocycles. The summed E-state index contributed by atoms with van der Waals surface area (Å²) in [5.74, 6) is 0. The van der Waals surface area contributed by atoms with Crippen LogP contribution in [0.2, 0.25) is 0 Å². The second-order valence-electron chi connectivity index (χ2n) is 4.69. The average molecular weight is 260 g/mol. The second-order valence-corrected chi connectivity index (χ2v) is 5.63. The van der Waals surface area contributed by atoms with Gasteiger partial charge < -0.3 is 5.32 Å². The van der Waals surface area contributed by atoms with Gasteiger partial charge in [0, 0.05) is 18.3 Å². The predicted molar refractivity (Wildman–Crippen MR) is 78.2 cm³/mol. The van der Waals surface area contributed by atoms with Crippen molar-refractivity contribution >= 4 is 11.3 Å². The third-order valence-corrected chi connectivity index (χ3v) is 3.69. The van der Waals surface area contributed by atoms with E-state index in [1.54, 1.807) is 11.3 Å². The monoisotopic (exact) mass is 260 g/mol. The summed E-state index contributed by atoms with van der Waals surface area (Å²) in [6.45, 7) is 8.27. The first-order valence-electron chi connectivity index (χ1n) is 6.38. The predicted octanol–water partition coefficient (Wildman–Crippen LogP) is 3.46. The van der Waals surface area contributed by atoms with Crippen LogP contribution in [0.25, 0.3) is 0 Å². The van der Waals surface area contributed by atoms with Crippen LogP contribution in [0.4, 0.5) is 0 Å². The molecule has 0 atom stereocenters. The molecule has 0 spiro atoms. The highest BCUT2D eigenvalue weighted by Crippen LogP contribution is 2.17. The lowest BCUT2D eigenvalue weighted by Crippen LogP contribution is -2.11. The van der Waals surface area contributed by atoms with Crippen LogP contribution in [0.5, 0.6) is 0 Å². The molecule has 2 nitrogen and oxygen atoms in total. The van der Waals surface area contributed by atoms with Crippen molar-refractivity contribution in [2.24, 2.45) is 0 Å². The Kier molecular flexibility index (Phi) is 4.50. The van der Waals surface area contributed by atoms with Crippen LogP contribution in [0.1, 0.15) is 34.3 Å².